The number of hydrogen-bond donors (Lipinski definition) is 3. The van der Waals surface area contributed by atoms with Crippen LogP contribution in [0.3, 0.4) is 0 Å². The van der Waals surface area contributed by atoms with Gasteiger partial charge in [0.15, 0.2) is 5.78 Å². The van der Waals surface area contributed by atoms with Gasteiger partial charge in [-0.2, -0.15) is 0 Å². The second-order valence-corrected chi connectivity index (χ2v) is 5.07. The lowest BCUT2D eigenvalue weighted by molar-refractivity contribution is -0.137. The number of aliphatic hydroxyl groups is 1. The number of fused-ring (bicyclic) bond motifs is 1. The molecular weight excluding hydrogens is 293 g/mol. The van der Waals surface area contributed by atoms with E-state index in [-0.39, 0.29) is 5.56 Å². The van der Waals surface area contributed by atoms with Crippen LogP contribution in [0.4, 0.5) is 4.39 Å². The number of hydrogen-bond acceptors (Lipinski definition) is 4. The molecule has 1 aliphatic rings. The summed E-state index contributed by atoms with van der Waals surface area (Å²) in [5, 5.41) is 20.8. The summed E-state index contributed by atoms with van der Waals surface area (Å²) in [5.41, 5.74) is 0.412. The van der Waals surface area contributed by atoms with E-state index in [2.05, 4.69) is 0 Å². The fraction of sp³-hybridized carbons (Fsp3) is 0.267. The molecule has 1 aromatic rings. The lowest BCUT2D eigenvalue weighted by atomic mass is 9.80. The van der Waals surface area contributed by atoms with Crippen LogP contribution < -0.4 is 5.32 Å². The van der Waals surface area contributed by atoms with Gasteiger partial charge in [-0.15, -0.1) is 0 Å². The Bertz CT molecular complexity index is 723. The minimum absolute atomic E-state index is 0.231. The lowest BCUT2D eigenvalue weighted by Crippen LogP contribution is -2.36. The van der Waals surface area contributed by atoms with E-state index in [1.54, 1.807) is 6.92 Å². The molecule has 0 saturated carbocycles. The third-order valence-electron chi connectivity index (χ3n) is 3.54. The standard InChI is InChI=1S/C15H14FNO5/c1-6-3-8(16)4-9-7(2)13(20)12(14(21)11(6)9)15(22)17-5-10(18)19/h3-4,7,21H,5H2,1-2H3,(H,17,22)(H,18,19). The molecule has 0 aromatic heterocycles. The minimum Gasteiger partial charge on any atom is -0.506 e. The van der Waals surface area contributed by atoms with E-state index in [1.165, 1.54) is 13.0 Å². The number of ketones is 1. The van der Waals surface area contributed by atoms with Gasteiger partial charge in [-0.1, -0.05) is 6.92 Å². The Morgan fingerprint density at radius 2 is 2.00 bits per heavy atom. The summed E-state index contributed by atoms with van der Waals surface area (Å²) in [6.45, 7) is 2.37. The van der Waals surface area contributed by atoms with Crippen molar-refractivity contribution in [2.24, 2.45) is 0 Å². The second-order valence-electron chi connectivity index (χ2n) is 5.07. The van der Waals surface area contributed by atoms with Gasteiger partial charge < -0.3 is 15.5 Å². The molecule has 0 heterocycles. The quantitative estimate of drug-likeness (QED) is 0.730. The molecule has 7 heteroatoms. The number of aliphatic hydroxyl groups excluding tert-OH is 1. The molecule has 0 saturated heterocycles. The number of benzene rings is 1. The van der Waals surface area contributed by atoms with Crippen molar-refractivity contribution >= 4 is 23.4 Å². The monoisotopic (exact) mass is 307 g/mol. The van der Waals surface area contributed by atoms with Crippen LogP contribution in [-0.4, -0.2) is 34.4 Å². The van der Waals surface area contributed by atoms with Gasteiger partial charge in [0.05, 0.1) is 0 Å². The Morgan fingerprint density at radius 3 is 2.59 bits per heavy atom. The fourth-order valence-electron chi connectivity index (χ4n) is 2.50. The Kier molecular flexibility index (Phi) is 3.99. The smallest absolute Gasteiger partial charge is 0.322 e. The lowest BCUT2D eigenvalue weighted by Gasteiger charge is -2.24. The summed E-state index contributed by atoms with van der Waals surface area (Å²) in [6, 6.07) is 2.33. The summed E-state index contributed by atoms with van der Waals surface area (Å²) in [6.07, 6.45) is 0. The number of Topliss-reactive ketones (excluding diaryl/α,β-unsaturated/α-hetero) is 1. The van der Waals surface area contributed by atoms with Gasteiger partial charge in [0.1, 0.15) is 23.7 Å². The van der Waals surface area contributed by atoms with Crippen LogP contribution in [0.25, 0.3) is 5.76 Å². The number of carbonyl (C=O) groups excluding carboxylic acids is 2. The summed E-state index contributed by atoms with van der Waals surface area (Å²) in [7, 11) is 0. The van der Waals surface area contributed by atoms with Gasteiger partial charge in [0, 0.05) is 11.5 Å². The normalized spacial score (nSPS) is 17.2. The van der Waals surface area contributed by atoms with E-state index < -0.39 is 47.3 Å². The van der Waals surface area contributed by atoms with Crippen LogP contribution in [0, 0.1) is 12.7 Å². The number of carboxylic acids is 1. The number of carbonyl (C=O) groups is 3. The molecule has 0 fully saturated rings. The van der Waals surface area contributed by atoms with E-state index in [9.17, 15) is 23.9 Å². The number of amides is 1. The van der Waals surface area contributed by atoms with Crippen molar-refractivity contribution in [3.8, 4) is 0 Å². The van der Waals surface area contributed by atoms with E-state index in [4.69, 9.17) is 5.11 Å². The second kappa shape index (κ2) is 5.59. The highest BCUT2D eigenvalue weighted by Gasteiger charge is 2.36. The first-order valence-electron chi connectivity index (χ1n) is 6.52. The van der Waals surface area contributed by atoms with E-state index in [1.807, 2.05) is 5.32 Å². The first-order chi connectivity index (χ1) is 10.2. The molecule has 0 radical (unpaired) electrons. The van der Waals surface area contributed by atoms with Crippen LogP contribution >= 0.6 is 0 Å². The molecule has 1 aromatic carbocycles. The highest BCUT2D eigenvalue weighted by atomic mass is 19.1. The largest absolute Gasteiger partial charge is 0.506 e. The van der Waals surface area contributed by atoms with Gasteiger partial charge in [-0.3, -0.25) is 14.4 Å². The van der Waals surface area contributed by atoms with Gasteiger partial charge in [-0.25, -0.2) is 4.39 Å². The zero-order valence-electron chi connectivity index (χ0n) is 11.9. The van der Waals surface area contributed by atoms with E-state index in [0.717, 1.165) is 6.07 Å². The zero-order chi connectivity index (χ0) is 16.6. The molecule has 0 aliphatic heterocycles. The number of rotatable bonds is 3. The van der Waals surface area contributed by atoms with Gasteiger partial charge >= 0.3 is 5.97 Å². The van der Waals surface area contributed by atoms with Crippen molar-refractivity contribution in [2.45, 2.75) is 19.8 Å². The predicted molar refractivity (Wildman–Crippen MR) is 74.8 cm³/mol. The maximum atomic E-state index is 13.5. The molecule has 116 valence electrons. The number of carboxylic acid groups (broad SMARTS) is 1. The van der Waals surface area contributed by atoms with E-state index in [0.29, 0.717) is 11.1 Å². The molecule has 1 aliphatic carbocycles. The molecule has 3 N–H and O–H groups in total. The van der Waals surface area contributed by atoms with Gasteiger partial charge in [-0.05, 0) is 30.2 Å². The number of aliphatic carboxylic acids is 1. The summed E-state index contributed by atoms with van der Waals surface area (Å²) in [5.74, 6) is -4.83. The number of nitrogens with one attached hydrogen (secondary N) is 1. The summed E-state index contributed by atoms with van der Waals surface area (Å²) < 4.78 is 13.5. The fourth-order valence-corrected chi connectivity index (χ4v) is 2.50. The Hall–Kier alpha value is -2.70. The highest BCUT2D eigenvalue weighted by Crippen LogP contribution is 2.37. The van der Waals surface area contributed by atoms with Crippen LogP contribution in [0.15, 0.2) is 17.7 Å². The van der Waals surface area contributed by atoms with Crippen molar-refractivity contribution in [3.63, 3.8) is 0 Å². The molecule has 0 spiro atoms. The molecule has 0 bridgehead atoms. The maximum Gasteiger partial charge on any atom is 0.322 e. The van der Waals surface area contributed by atoms with Crippen molar-refractivity contribution in [3.05, 3.63) is 40.2 Å². The van der Waals surface area contributed by atoms with E-state index >= 15 is 0 Å². The van der Waals surface area contributed by atoms with Crippen molar-refractivity contribution in [1.82, 2.24) is 5.32 Å². The summed E-state index contributed by atoms with van der Waals surface area (Å²) >= 11 is 0. The molecule has 2 rings (SSSR count). The zero-order valence-corrected chi connectivity index (χ0v) is 11.9. The third-order valence-corrected chi connectivity index (χ3v) is 3.54. The van der Waals surface area contributed by atoms with Crippen LogP contribution in [-0.2, 0) is 14.4 Å². The molecule has 22 heavy (non-hydrogen) atoms. The topological polar surface area (TPSA) is 104 Å². The average Bonchev–Trinajstić information content (AvgIpc) is 2.42. The maximum absolute atomic E-state index is 13.5. The van der Waals surface area contributed by atoms with Crippen LogP contribution in [0.2, 0.25) is 0 Å². The molecule has 1 unspecified atom stereocenters. The van der Waals surface area contributed by atoms with Crippen LogP contribution in [0.5, 0.6) is 0 Å². The Balaban J connectivity index is 2.56. The molecule has 6 nitrogen and oxygen atoms in total. The Morgan fingerprint density at radius 1 is 1.36 bits per heavy atom. The van der Waals surface area contributed by atoms with Crippen LogP contribution in [0.1, 0.15) is 29.5 Å². The summed E-state index contributed by atoms with van der Waals surface area (Å²) in [4.78, 5) is 34.7. The van der Waals surface area contributed by atoms with Crippen molar-refractivity contribution in [2.75, 3.05) is 6.54 Å². The first kappa shape index (κ1) is 15.7. The predicted octanol–water partition coefficient (Wildman–Crippen LogP) is 1.29. The molecule has 1 atom stereocenters. The SMILES string of the molecule is Cc1cc(F)cc2c1C(O)=C(C(=O)NCC(=O)O)C(=O)C2C. The van der Waals surface area contributed by atoms with Crippen molar-refractivity contribution in [1.29, 1.82) is 0 Å². The van der Waals surface area contributed by atoms with Gasteiger partial charge in [0.25, 0.3) is 5.91 Å². The minimum atomic E-state index is -1.27. The number of halogens is 1. The van der Waals surface area contributed by atoms with Crippen molar-refractivity contribution < 1.29 is 29.0 Å². The number of aryl methyl sites for hydroxylation is 1. The molecular formula is C15H14FNO5. The van der Waals surface area contributed by atoms with Gasteiger partial charge in [0.2, 0.25) is 0 Å². The highest BCUT2D eigenvalue weighted by molar-refractivity contribution is 6.27. The Labute approximate surface area is 125 Å². The first-order valence-corrected chi connectivity index (χ1v) is 6.52. The average molecular weight is 307 g/mol. The molecule has 1 amide bonds. The third kappa shape index (κ3) is 2.57.